The zero-order valence-electron chi connectivity index (χ0n) is 14.0. The molecule has 0 bridgehead atoms. The van der Waals surface area contributed by atoms with Gasteiger partial charge in [0.25, 0.3) is 0 Å². The summed E-state index contributed by atoms with van der Waals surface area (Å²) >= 11 is 6.00. The summed E-state index contributed by atoms with van der Waals surface area (Å²) in [4.78, 5) is 11.8. The Labute approximate surface area is 152 Å². The number of benzene rings is 2. The molecule has 132 valence electrons. The second kappa shape index (κ2) is 9.81. The standard InChI is InChI=1S/C19H21ClN2O3/c1-2-25-16-9-7-14(8-10-16)18(23)11-12-19(24)22-21-13-15-5-3-4-6-17(15)20/h3-10,13,18,23H,2,11-12H2,1H3,(H,22,24)/b21-13-/t18-/m1/s1. The van der Waals surface area contributed by atoms with Crippen LogP contribution in [0.3, 0.4) is 0 Å². The zero-order valence-corrected chi connectivity index (χ0v) is 14.7. The molecule has 0 fully saturated rings. The van der Waals surface area contributed by atoms with E-state index in [4.69, 9.17) is 16.3 Å². The summed E-state index contributed by atoms with van der Waals surface area (Å²) in [6.07, 6.45) is 1.24. The molecule has 0 aliphatic rings. The Morgan fingerprint density at radius 1 is 1.28 bits per heavy atom. The largest absolute Gasteiger partial charge is 0.494 e. The summed E-state index contributed by atoms with van der Waals surface area (Å²) in [5, 5.41) is 14.6. The number of aliphatic hydroxyl groups excluding tert-OH is 1. The number of ether oxygens (including phenoxy) is 1. The summed E-state index contributed by atoms with van der Waals surface area (Å²) in [5.41, 5.74) is 3.90. The quantitative estimate of drug-likeness (QED) is 0.557. The van der Waals surface area contributed by atoms with Crippen LogP contribution in [0.15, 0.2) is 53.6 Å². The molecular weight excluding hydrogens is 340 g/mol. The van der Waals surface area contributed by atoms with Crippen molar-refractivity contribution in [2.45, 2.75) is 25.9 Å². The Morgan fingerprint density at radius 3 is 2.68 bits per heavy atom. The molecule has 0 saturated heterocycles. The highest BCUT2D eigenvalue weighted by atomic mass is 35.5. The maximum atomic E-state index is 11.8. The van der Waals surface area contributed by atoms with Crippen molar-refractivity contribution in [1.82, 2.24) is 5.43 Å². The number of hydrazone groups is 1. The molecule has 2 rings (SSSR count). The maximum Gasteiger partial charge on any atom is 0.240 e. The monoisotopic (exact) mass is 360 g/mol. The van der Waals surface area contributed by atoms with E-state index in [1.165, 1.54) is 6.21 Å². The Balaban J connectivity index is 1.78. The number of aliphatic hydroxyl groups is 1. The highest BCUT2D eigenvalue weighted by Crippen LogP contribution is 2.21. The Bertz CT molecular complexity index is 717. The number of carbonyl (C=O) groups excluding carboxylic acids is 1. The number of hydrogen-bond donors (Lipinski definition) is 2. The lowest BCUT2D eigenvalue weighted by atomic mass is 10.0. The predicted molar refractivity (Wildman–Crippen MR) is 99.0 cm³/mol. The van der Waals surface area contributed by atoms with Gasteiger partial charge >= 0.3 is 0 Å². The fourth-order valence-electron chi connectivity index (χ4n) is 2.20. The van der Waals surface area contributed by atoms with Crippen LogP contribution in [0.4, 0.5) is 0 Å². The van der Waals surface area contributed by atoms with Gasteiger partial charge in [-0.3, -0.25) is 4.79 Å². The number of nitrogens with zero attached hydrogens (tertiary/aromatic N) is 1. The zero-order chi connectivity index (χ0) is 18.1. The Morgan fingerprint density at radius 2 is 2.00 bits per heavy atom. The first-order valence-corrected chi connectivity index (χ1v) is 8.45. The van der Waals surface area contributed by atoms with Gasteiger partial charge in [0.2, 0.25) is 5.91 Å². The fourth-order valence-corrected chi connectivity index (χ4v) is 2.38. The molecule has 0 aromatic heterocycles. The first-order chi connectivity index (χ1) is 12.1. The predicted octanol–water partition coefficient (Wildman–Crippen LogP) is 3.70. The highest BCUT2D eigenvalue weighted by Gasteiger charge is 2.10. The van der Waals surface area contributed by atoms with Gasteiger partial charge in [-0.1, -0.05) is 41.9 Å². The Kier molecular flexibility index (Phi) is 7.44. The third-order valence-electron chi connectivity index (χ3n) is 3.52. The van der Waals surface area contributed by atoms with Crippen molar-refractivity contribution in [2.24, 2.45) is 5.10 Å². The summed E-state index contributed by atoms with van der Waals surface area (Å²) < 4.78 is 5.36. The molecule has 2 aromatic rings. The van der Waals surface area contributed by atoms with Gasteiger partial charge in [0.05, 0.1) is 18.9 Å². The summed E-state index contributed by atoms with van der Waals surface area (Å²) in [5.74, 6) is 0.485. The second-order valence-electron chi connectivity index (χ2n) is 5.37. The minimum atomic E-state index is -0.714. The minimum absolute atomic E-state index is 0.161. The van der Waals surface area contributed by atoms with Crippen molar-refractivity contribution in [3.05, 3.63) is 64.7 Å². The van der Waals surface area contributed by atoms with E-state index >= 15 is 0 Å². The van der Waals surface area contributed by atoms with E-state index < -0.39 is 6.10 Å². The molecule has 25 heavy (non-hydrogen) atoms. The normalized spacial score (nSPS) is 12.1. The van der Waals surface area contributed by atoms with Crippen LogP contribution in [0.1, 0.15) is 37.0 Å². The molecule has 0 heterocycles. The smallest absolute Gasteiger partial charge is 0.240 e. The van der Waals surface area contributed by atoms with Crippen molar-refractivity contribution in [3.63, 3.8) is 0 Å². The van der Waals surface area contributed by atoms with Gasteiger partial charge < -0.3 is 9.84 Å². The van der Waals surface area contributed by atoms with Crippen LogP contribution in [-0.2, 0) is 4.79 Å². The molecule has 0 radical (unpaired) electrons. The molecule has 6 heteroatoms. The Hall–Kier alpha value is -2.37. The van der Waals surface area contributed by atoms with Crippen LogP contribution in [0.25, 0.3) is 0 Å². The number of halogens is 1. The maximum absolute atomic E-state index is 11.8. The SMILES string of the molecule is CCOc1ccc([C@H](O)CCC(=O)N/N=C\c2ccccc2Cl)cc1. The third kappa shape index (κ3) is 6.21. The number of nitrogens with one attached hydrogen (secondary N) is 1. The summed E-state index contributed by atoms with van der Waals surface area (Å²) in [6, 6.07) is 14.4. The molecule has 1 amide bonds. The van der Waals surface area contributed by atoms with Crippen LogP contribution >= 0.6 is 11.6 Å². The molecular formula is C19H21ClN2O3. The lowest BCUT2D eigenvalue weighted by Gasteiger charge is -2.11. The van der Waals surface area contributed by atoms with Gasteiger partial charge in [-0.2, -0.15) is 5.10 Å². The first-order valence-electron chi connectivity index (χ1n) is 8.07. The van der Waals surface area contributed by atoms with E-state index in [0.29, 0.717) is 18.1 Å². The van der Waals surface area contributed by atoms with E-state index in [9.17, 15) is 9.90 Å². The van der Waals surface area contributed by atoms with Crippen LogP contribution in [0.2, 0.25) is 5.02 Å². The van der Waals surface area contributed by atoms with Crippen LogP contribution < -0.4 is 10.2 Å². The number of rotatable bonds is 8. The second-order valence-corrected chi connectivity index (χ2v) is 5.78. The molecule has 0 saturated carbocycles. The van der Waals surface area contributed by atoms with Crippen molar-refractivity contribution >= 4 is 23.7 Å². The van der Waals surface area contributed by atoms with Crippen molar-refractivity contribution in [2.75, 3.05) is 6.61 Å². The molecule has 0 aliphatic heterocycles. The molecule has 5 nitrogen and oxygen atoms in total. The lowest BCUT2D eigenvalue weighted by molar-refractivity contribution is -0.121. The molecule has 2 N–H and O–H groups in total. The van der Waals surface area contributed by atoms with E-state index in [1.54, 1.807) is 36.4 Å². The van der Waals surface area contributed by atoms with Crippen LogP contribution in [0, 0.1) is 0 Å². The topological polar surface area (TPSA) is 70.9 Å². The van der Waals surface area contributed by atoms with E-state index in [1.807, 2.05) is 19.1 Å². The van der Waals surface area contributed by atoms with Crippen molar-refractivity contribution in [3.8, 4) is 5.75 Å². The van der Waals surface area contributed by atoms with Gasteiger partial charge in [-0.05, 0) is 37.1 Å². The summed E-state index contributed by atoms with van der Waals surface area (Å²) in [7, 11) is 0. The average Bonchev–Trinajstić information content (AvgIpc) is 2.62. The van der Waals surface area contributed by atoms with Crippen molar-refractivity contribution < 1.29 is 14.6 Å². The van der Waals surface area contributed by atoms with Gasteiger partial charge in [-0.25, -0.2) is 5.43 Å². The van der Waals surface area contributed by atoms with Crippen LogP contribution in [-0.4, -0.2) is 23.8 Å². The molecule has 0 aliphatic carbocycles. The number of hydrogen-bond acceptors (Lipinski definition) is 4. The minimum Gasteiger partial charge on any atom is -0.494 e. The number of carbonyl (C=O) groups is 1. The van der Waals surface area contributed by atoms with E-state index in [2.05, 4.69) is 10.5 Å². The van der Waals surface area contributed by atoms with Crippen molar-refractivity contribution in [1.29, 1.82) is 0 Å². The van der Waals surface area contributed by atoms with Gasteiger partial charge in [-0.15, -0.1) is 0 Å². The van der Waals surface area contributed by atoms with Gasteiger partial charge in [0, 0.05) is 17.0 Å². The lowest BCUT2D eigenvalue weighted by Crippen LogP contribution is -2.18. The molecule has 0 unspecified atom stereocenters. The van der Waals surface area contributed by atoms with Gasteiger partial charge in [0.1, 0.15) is 5.75 Å². The first kappa shape index (κ1) is 19.0. The van der Waals surface area contributed by atoms with Crippen LogP contribution in [0.5, 0.6) is 5.75 Å². The average molecular weight is 361 g/mol. The molecule has 1 atom stereocenters. The van der Waals surface area contributed by atoms with E-state index in [0.717, 1.165) is 16.9 Å². The molecule has 0 spiro atoms. The summed E-state index contributed by atoms with van der Waals surface area (Å²) in [6.45, 7) is 2.51. The third-order valence-corrected chi connectivity index (χ3v) is 3.86. The van der Waals surface area contributed by atoms with Gasteiger partial charge in [0.15, 0.2) is 0 Å². The highest BCUT2D eigenvalue weighted by molar-refractivity contribution is 6.33. The van der Waals surface area contributed by atoms with E-state index in [-0.39, 0.29) is 12.3 Å². The fraction of sp³-hybridized carbons (Fsp3) is 0.263. The number of amides is 1. The molecule has 2 aromatic carbocycles.